The smallest absolute Gasteiger partial charge is 0.337 e. The maximum absolute atomic E-state index is 14.2. The fourth-order valence-electron chi connectivity index (χ4n) is 7.36. The highest BCUT2D eigenvalue weighted by molar-refractivity contribution is 5.94. The van der Waals surface area contributed by atoms with Crippen molar-refractivity contribution in [3.05, 3.63) is 100 Å². The molecule has 0 unspecified atom stereocenters. The van der Waals surface area contributed by atoms with E-state index in [1.807, 2.05) is 77.2 Å². The summed E-state index contributed by atoms with van der Waals surface area (Å²) in [5.74, 6) is 0.420. The second-order valence-corrected chi connectivity index (χ2v) is 12.4. The molecule has 1 aliphatic carbocycles. The summed E-state index contributed by atoms with van der Waals surface area (Å²) in [6.07, 6.45) is 8.11. The van der Waals surface area contributed by atoms with Crippen molar-refractivity contribution >= 4 is 28.6 Å². The first-order valence-electron chi connectivity index (χ1n) is 15.8. The highest BCUT2D eigenvalue weighted by atomic mass is 16.5. The zero-order valence-electron chi connectivity index (χ0n) is 25.8. The monoisotopic (exact) mass is 594 g/mol. The molecule has 1 amide bonds. The number of hydrogen-bond donors (Lipinski definition) is 0. The Morgan fingerprint density at radius 2 is 1.61 bits per heavy atom. The molecule has 8 heteroatoms. The number of aryl methyl sites for hydroxylation is 2. The number of ether oxygens (including phenoxy) is 1. The van der Waals surface area contributed by atoms with Gasteiger partial charge in [0.1, 0.15) is 5.54 Å². The van der Waals surface area contributed by atoms with Crippen molar-refractivity contribution in [2.24, 2.45) is 13.0 Å². The molecule has 2 fully saturated rings. The Morgan fingerprint density at radius 3 is 2.36 bits per heavy atom. The van der Waals surface area contributed by atoms with E-state index in [1.165, 1.54) is 7.11 Å². The van der Waals surface area contributed by atoms with Crippen molar-refractivity contribution in [2.45, 2.75) is 70.0 Å². The van der Waals surface area contributed by atoms with Gasteiger partial charge in [-0.15, -0.1) is 0 Å². The number of unbranched alkanes of at least 4 members (excludes halogenated alkanes) is 2. The van der Waals surface area contributed by atoms with Crippen LogP contribution in [0.1, 0.15) is 67.3 Å². The molecule has 1 aliphatic heterocycles. The predicted octanol–water partition coefficient (Wildman–Crippen LogP) is 6.12. The molecule has 1 spiro atoms. The minimum Gasteiger partial charge on any atom is -0.465 e. The molecular formula is C36H42N4O4. The zero-order valence-corrected chi connectivity index (χ0v) is 25.8. The number of aromatic nitrogens is 2. The maximum Gasteiger partial charge on any atom is 0.337 e. The van der Waals surface area contributed by atoms with Crippen LogP contribution in [0.15, 0.2) is 83.7 Å². The molecule has 2 aliphatic rings. The number of amides is 1. The van der Waals surface area contributed by atoms with Crippen LogP contribution in [-0.2, 0) is 29.7 Å². The largest absolute Gasteiger partial charge is 0.465 e. The van der Waals surface area contributed by atoms with Crippen LogP contribution in [0.4, 0.5) is 5.69 Å². The molecule has 0 atom stereocenters. The van der Waals surface area contributed by atoms with Crippen molar-refractivity contribution in [1.82, 2.24) is 14.0 Å². The predicted molar refractivity (Wildman–Crippen MR) is 172 cm³/mol. The number of rotatable bonds is 10. The second kappa shape index (κ2) is 12.7. The summed E-state index contributed by atoms with van der Waals surface area (Å²) in [5, 5.41) is 0. The van der Waals surface area contributed by atoms with Crippen LogP contribution in [0.5, 0.6) is 0 Å². The third-order valence-corrected chi connectivity index (χ3v) is 9.78. The van der Waals surface area contributed by atoms with Crippen LogP contribution in [0.25, 0.3) is 11.0 Å². The molecule has 0 radical (unpaired) electrons. The summed E-state index contributed by atoms with van der Waals surface area (Å²) in [6.45, 7) is 1.73. The highest BCUT2D eigenvalue weighted by Gasteiger charge is 2.53. The molecule has 8 nitrogen and oxygen atoms in total. The Balaban J connectivity index is 1.07. The quantitative estimate of drug-likeness (QED) is 0.163. The van der Waals surface area contributed by atoms with Crippen LogP contribution >= 0.6 is 0 Å². The molecule has 6 rings (SSSR count). The van der Waals surface area contributed by atoms with Crippen molar-refractivity contribution in [3.8, 4) is 0 Å². The summed E-state index contributed by atoms with van der Waals surface area (Å²) in [6, 6.07) is 25.6. The van der Waals surface area contributed by atoms with E-state index in [2.05, 4.69) is 17.0 Å². The van der Waals surface area contributed by atoms with Gasteiger partial charge in [-0.25, -0.2) is 9.59 Å². The topological polar surface area (TPSA) is 76.8 Å². The number of carbonyl (C=O) groups is 2. The lowest BCUT2D eigenvalue weighted by molar-refractivity contribution is -0.133. The van der Waals surface area contributed by atoms with E-state index in [4.69, 9.17) is 4.74 Å². The Morgan fingerprint density at radius 1 is 0.886 bits per heavy atom. The molecule has 0 bridgehead atoms. The summed E-state index contributed by atoms with van der Waals surface area (Å²) < 4.78 is 8.53. The van der Waals surface area contributed by atoms with Crippen LogP contribution in [0.2, 0.25) is 0 Å². The third-order valence-electron chi connectivity index (χ3n) is 9.78. The summed E-state index contributed by atoms with van der Waals surface area (Å²) in [7, 11) is 3.22. The summed E-state index contributed by atoms with van der Waals surface area (Å²) in [5.41, 5.74) is 4.00. The Bertz CT molecular complexity index is 1680. The van der Waals surface area contributed by atoms with E-state index in [9.17, 15) is 14.4 Å². The standard InChI is InChI=1S/C36H42N4O4/c1-37-31-17-8-9-18-32(31)39(35(37)43)23-10-4-5-12-27-19-21-36(22-20-27)34(42)38(26-40(36)30-15-6-3-7-16-30)25-28-13-11-14-29(24-28)33(41)44-2/h3,6-9,11,13-18,24,27H,4-5,10,12,19-23,25-26H2,1-2H3. The second-order valence-electron chi connectivity index (χ2n) is 12.4. The number of hydrogen-bond acceptors (Lipinski definition) is 5. The lowest BCUT2D eigenvalue weighted by Gasteiger charge is -2.42. The number of imidazole rings is 1. The molecule has 3 aromatic carbocycles. The summed E-state index contributed by atoms with van der Waals surface area (Å²) in [4.78, 5) is 43.3. The van der Waals surface area contributed by atoms with Gasteiger partial charge in [-0.05, 0) is 80.0 Å². The fraction of sp³-hybridized carbons (Fsp3) is 0.417. The molecule has 44 heavy (non-hydrogen) atoms. The average Bonchev–Trinajstić information content (AvgIpc) is 3.46. The Labute approximate surface area is 258 Å². The average molecular weight is 595 g/mol. The van der Waals surface area contributed by atoms with E-state index < -0.39 is 5.54 Å². The van der Waals surface area contributed by atoms with Gasteiger partial charge in [0.25, 0.3) is 0 Å². The van der Waals surface area contributed by atoms with Crippen LogP contribution in [-0.4, -0.2) is 45.2 Å². The van der Waals surface area contributed by atoms with Gasteiger partial charge in [0.15, 0.2) is 0 Å². The lowest BCUT2D eigenvalue weighted by Crippen LogP contribution is -2.51. The van der Waals surface area contributed by atoms with Crippen molar-refractivity contribution in [1.29, 1.82) is 0 Å². The van der Waals surface area contributed by atoms with Crippen molar-refractivity contribution < 1.29 is 14.3 Å². The van der Waals surface area contributed by atoms with Gasteiger partial charge < -0.3 is 14.5 Å². The third kappa shape index (κ3) is 5.65. The van der Waals surface area contributed by atoms with Gasteiger partial charge in [0.05, 0.1) is 30.4 Å². The van der Waals surface area contributed by atoms with E-state index in [-0.39, 0.29) is 17.6 Å². The first-order valence-corrected chi connectivity index (χ1v) is 15.8. The molecule has 1 aromatic heterocycles. The van der Waals surface area contributed by atoms with Gasteiger partial charge >= 0.3 is 11.7 Å². The SMILES string of the molecule is COC(=O)c1cccc(CN2CN(c3ccccc3)C3(CCC(CCCCCn4c(=O)n(C)c5ccccc54)CC3)C2=O)c1. The molecule has 2 heterocycles. The number of methoxy groups -OCH3 is 1. The lowest BCUT2D eigenvalue weighted by atomic mass is 9.74. The molecular weight excluding hydrogens is 552 g/mol. The van der Waals surface area contributed by atoms with Gasteiger partial charge in [-0.3, -0.25) is 13.9 Å². The number of anilines is 1. The Hall–Kier alpha value is -4.33. The van der Waals surface area contributed by atoms with Crippen molar-refractivity contribution in [3.63, 3.8) is 0 Å². The molecule has 230 valence electrons. The minimum absolute atomic E-state index is 0.0539. The van der Waals surface area contributed by atoms with Crippen LogP contribution < -0.4 is 10.6 Å². The number of para-hydroxylation sites is 3. The van der Waals surface area contributed by atoms with Gasteiger partial charge in [0, 0.05) is 25.8 Å². The zero-order chi connectivity index (χ0) is 30.7. The highest BCUT2D eigenvalue weighted by Crippen LogP contribution is 2.45. The van der Waals surface area contributed by atoms with Gasteiger partial charge in [0.2, 0.25) is 5.91 Å². The number of carbonyl (C=O) groups excluding carboxylic acids is 2. The molecule has 4 aromatic rings. The van der Waals surface area contributed by atoms with Gasteiger partial charge in [-0.2, -0.15) is 0 Å². The molecule has 0 N–H and O–H groups in total. The number of fused-ring (bicyclic) bond motifs is 1. The number of benzene rings is 3. The maximum atomic E-state index is 14.2. The van der Waals surface area contributed by atoms with E-state index >= 15 is 0 Å². The number of nitrogens with zero attached hydrogens (tertiary/aromatic N) is 4. The molecule has 1 saturated carbocycles. The minimum atomic E-state index is -0.534. The Kier molecular flexibility index (Phi) is 8.60. The van der Waals surface area contributed by atoms with Crippen molar-refractivity contribution in [2.75, 3.05) is 18.7 Å². The van der Waals surface area contributed by atoms with Gasteiger partial charge in [-0.1, -0.05) is 61.7 Å². The molecule has 1 saturated heterocycles. The fourth-order valence-corrected chi connectivity index (χ4v) is 7.36. The number of esters is 1. The van der Waals surface area contributed by atoms with E-state index in [0.717, 1.165) is 80.2 Å². The van der Waals surface area contributed by atoms with E-state index in [0.29, 0.717) is 24.7 Å². The van der Waals surface area contributed by atoms with E-state index in [1.54, 1.807) is 10.6 Å². The summed E-state index contributed by atoms with van der Waals surface area (Å²) >= 11 is 0. The first kappa shape index (κ1) is 29.7. The normalized spacial score (nSPS) is 20.1. The first-order chi connectivity index (χ1) is 21.4. The van der Waals surface area contributed by atoms with Crippen LogP contribution in [0, 0.1) is 5.92 Å². The van der Waals surface area contributed by atoms with Crippen LogP contribution in [0.3, 0.4) is 0 Å².